The van der Waals surface area contributed by atoms with Gasteiger partial charge in [0.15, 0.2) is 0 Å². The van der Waals surface area contributed by atoms with Gasteiger partial charge in [0.05, 0.1) is 0 Å². The lowest BCUT2D eigenvalue weighted by molar-refractivity contribution is 0.149. The molecule has 0 fully saturated rings. The fourth-order valence-corrected chi connectivity index (χ4v) is 2.22. The van der Waals surface area contributed by atoms with Crippen LogP contribution in [0, 0.1) is 3.57 Å². The molecule has 1 rings (SSSR count). The molecule has 0 saturated heterocycles. The van der Waals surface area contributed by atoms with Crippen LogP contribution in [0.4, 0.5) is 8.78 Å². The number of rotatable bonds is 2. The van der Waals surface area contributed by atoms with Gasteiger partial charge in [-0.1, -0.05) is 28.1 Å². The summed E-state index contributed by atoms with van der Waals surface area (Å²) in [4.78, 5) is 0. The van der Waals surface area contributed by atoms with Gasteiger partial charge in [-0.25, -0.2) is 8.78 Å². The van der Waals surface area contributed by atoms with Crippen molar-refractivity contribution in [2.75, 3.05) is 0 Å². The smallest absolute Gasteiger partial charge is 0.205 e. The van der Waals surface area contributed by atoms with Gasteiger partial charge >= 0.3 is 0 Å². The molecule has 0 spiro atoms. The first-order valence-electron chi connectivity index (χ1n) is 3.28. The summed E-state index contributed by atoms with van der Waals surface area (Å²) in [6, 6.07) is 5.18. The van der Waals surface area contributed by atoms with Crippen LogP contribution < -0.4 is 0 Å². The molecule has 0 aromatic heterocycles. The van der Waals surface area contributed by atoms with Gasteiger partial charge in [0, 0.05) is 14.5 Å². The quantitative estimate of drug-likeness (QED) is 0.558. The standard InChI is InChI=1S/C8H6BrF2I/c9-4-5-2-1-3-6(12)7(5)8(10)11/h1-3,8H,4H2. The van der Waals surface area contributed by atoms with Gasteiger partial charge in [0.25, 0.3) is 6.43 Å². The molecular weight excluding hydrogens is 341 g/mol. The van der Waals surface area contributed by atoms with E-state index in [1.54, 1.807) is 18.2 Å². The zero-order valence-corrected chi connectivity index (χ0v) is 9.77. The molecule has 0 aliphatic carbocycles. The number of hydrogen-bond donors (Lipinski definition) is 0. The maximum absolute atomic E-state index is 12.4. The van der Waals surface area contributed by atoms with Gasteiger partial charge in [-0.2, -0.15) is 0 Å². The van der Waals surface area contributed by atoms with E-state index in [9.17, 15) is 8.78 Å². The Balaban J connectivity index is 3.20. The highest BCUT2D eigenvalue weighted by atomic mass is 127. The molecule has 4 heteroatoms. The molecule has 0 aliphatic heterocycles. The molecular formula is C8H6BrF2I. The minimum absolute atomic E-state index is 0.148. The molecule has 0 unspecified atom stereocenters. The van der Waals surface area contributed by atoms with Crippen LogP contribution in [0.25, 0.3) is 0 Å². The molecule has 0 bridgehead atoms. The molecule has 0 heterocycles. The number of alkyl halides is 3. The fourth-order valence-electron chi connectivity index (χ4n) is 0.943. The van der Waals surface area contributed by atoms with Crippen LogP contribution in [-0.4, -0.2) is 0 Å². The Kier molecular flexibility index (Phi) is 3.89. The lowest BCUT2D eigenvalue weighted by Crippen LogP contribution is -1.95. The average molecular weight is 347 g/mol. The molecule has 1 aromatic rings. The molecule has 66 valence electrons. The van der Waals surface area contributed by atoms with E-state index >= 15 is 0 Å². The van der Waals surface area contributed by atoms with E-state index in [0.717, 1.165) is 0 Å². The highest BCUT2D eigenvalue weighted by molar-refractivity contribution is 14.1. The molecule has 0 saturated carbocycles. The number of halogens is 4. The van der Waals surface area contributed by atoms with Gasteiger partial charge in [0.1, 0.15) is 0 Å². The molecule has 0 N–H and O–H groups in total. The van der Waals surface area contributed by atoms with Gasteiger partial charge in [0.2, 0.25) is 0 Å². The zero-order valence-electron chi connectivity index (χ0n) is 6.03. The van der Waals surface area contributed by atoms with Crippen molar-refractivity contribution in [2.24, 2.45) is 0 Å². The van der Waals surface area contributed by atoms with Crippen LogP contribution in [0.1, 0.15) is 17.6 Å². The Bertz CT molecular complexity index is 276. The predicted octanol–water partition coefficient (Wildman–Crippen LogP) is 4.12. The van der Waals surface area contributed by atoms with E-state index in [1.165, 1.54) is 0 Å². The van der Waals surface area contributed by atoms with Crippen LogP contribution >= 0.6 is 38.5 Å². The average Bonchev–Trinajstić information content (AvgIpc) is 2.03. The molecule has 0 nitrogen and oxygen atoms in total. The minimum Gasteiger partial charge on any atom is -0.205 e. The maximum Gasteiger partial charge on any atom is 0.265 e. The Hall–Kier alpha value is 0.290. The lowest BCUT2D eigenvalue weighted by atomic mass is 10.1. The second kappa shape index (κ2) is 4.50. The summed E-state index contributed by atoms with van der Waals surface area (Å²) in [5, 5.41) is 0.476. The van der Waals surface area contributed by atoms with E-state index in [0.29, 0.717) is 14.5 Å². The van der Waals surface area contributed by atoms with Gasteiger partial charge in [-0.3, -0.25) is 0 Å². The van der Waals surface area contributed by atoms with Crippen LogP contribution in [0.5, 0.6) is 0 Å². The Morgan fingerprint density at radius 3 is 2.50 bits per heavy atom. The maximum atomic E-state index is 12.4. The second-order valence-electron chi connectivity index (χ2n) is 2.25. The van der Waals surface area contributed by atoms with Gasteiger partial charge in [-0.05, 0) is 34.2 Å². The first-order valence-corrected chi connectivity index (χ1v) is 5.48. The van der Waals surface area contributed by atoms with Crippen molar-refractivity contribution in [3.05, 3.63) is 32.9 Å². The van der Waals surface area contributed by atoms with Crippen LogP contribution in [0.3, 0.4) is 0 Å². The highest BCUT2D eigenvalue weighted by Crippen LogP contribution is 2.28. The predicted molar refractivity (Wildman–Crippen MR) is 56.7 cm³/mol. The fraction of sp³-hybridized carbons (Fsp3) is 0.250. The summed E-state index contributed by atoms with van der Waals surface area (Å²) in [6.07, 6.45) is -2.38. The van der Waals surface area contributed by atoms with E-state index in [1.807, 2.05) is 22.6 Å². The van der Waals surface area contributed by atoms with E-state index in [-0.39, 0.29) is 5.56 Å². The molecule has 0 aliphatic rings. The molecule has 1 aromatic carbocycles. The summed E-state index contributed by atoms with van der Waals surface area (Å²) < 4.78 is 25.5. The van der Waals surface area contributed by atoms with Crippen molar-refractivity contribution in [2.45, 2.75) is 11.8 Å². The van der Waals surface area contributed by atoms with E-state index < -0.39 is 6.43 Å². The summed E-state index contributed by atoms with van der Waals surface area (Å²) >= 11 is 5.10. The van der Waals surface area contributed by atoms with E-state index in [4.69, 9.17) is 0 Å². The second-order valence-corrected chi connectivity index (χ2v) is 3.97. The normalized spacial score (nSPS) is 10.8. The van der Waals surface area contributed by atoms with Gasteiger partial charge < -0.3 is 0 Å². The summed E-state index contributed by atoms with van der Waals surface area (Å²) in [5.74, 6) is 0. The largest absolute Gasteiger partial charge is 0.265 e. The van der Waals surface area contributed by atoms with Crippen molar-refractivity contribution in [1.29, 1.82) is 0 Å². The number of benzene rings is 1. The number of hydrogen-bond acceptors (Lipinski definition) is 0. The van der Waals surface area contributed by atoms with Crippen molar-refractivity contribution in [1.82, 2.24) is 0 Å². The third kappa shape index (κ3) is 2.16. The highest BCUT2D eigenvalue weighted by Gasteiger charge is 2.14. The third-order valence-corrected chi connectivity index (χ3v) is 3.05. The molecule has 0 radical (unpaired) electrons. The minimum atomic E-state index is -2.38. The van der Waals surface area contributed by atoms with Crippen LogP contribution in [0.2, 0.25) is 0 Å². The van der Waals surface area contributed by atoms with Crippen molar-refractivity contribution in [3.63, 3.8) is 0 Å². The Labute approximate surface area is 91.6 Å². The third-order valence-electron chi connectivity index (χ3n) is 1.51. The monoisotopic (exact) mass is 346 g/mol. The van der Waals surface area contributed by atoms with Gasteiger partial charge in [-0.15, -0.1) is 0 Å². The summed E-state index contributed by atoms with van der Waals surface area (Å²) in [7, 11) is 0. The molecule has 0 amide bonds. The Morgan fingerprint density at radius 1 is 1.42 bits per heavy atom. The first-order chi connectivity index (χ1) is 5.66. The summed E-state index contributed by atoms with van der Waals surface area (Å²) in [6.45, 7) is 0. The van der Waals surface area contributed by atoms with Crippen LogP contribution in [0.15, 0.2) is 18.2 Å². The molecule has 12 heavy (non-hydrogen) atoms. The van der Waals surface area contributed by atoms with Crippen molar-refractivity contribution >= 4 is 38.5 Å². The summed E-state index contributed by atoms with van der Waals surface area (Å²) in [5.41, 5.74) is 0.812. The van der Waals surface area contributed by atoms with Crippen LogP contribution in [-0.2, 0) is 5.33 Å². The van der Waals surface area contributed by atoms with Crippen molar-refractivity contribution < 1.29 is 8.78 Å². The first kappa shape index (κ1) is 10.4. The lowest BCUT2D eigenvalue weighted by Gasteiger charge is -2.07. The SMILES string of the molecule is FC(F)c1c(I)cccc1CBr. The Morgan fingerprint density at radius 2 is 2.08 bits per heavy atom. The zero-order chi connectivity index (χ0) is 9.14. The molecule has 0 atom stereocenters. The topological polar surface area (TPSA) is 0 Å². The van der Waals surface area contributed by atoms with Crippen molar-refractivity contribution in [3.8, 4) is 0 Å². The van der Waals surface area contributed by atoms with E-state index in [2.05, 4.69) is 15.9 Å².